The number of carbonyl (C=O) groups is 10. The first-order chi connectivity index (χ1) is 55.6. The molecule has 0 bridgehead atoms. The molecule has 2 aliphatic heterocycles. The number of anilines is 5. The summed E-state index contributed by atoms with van der Waals surface area (Å²) in [6.07, 6.45) is 14.0. The summed E-state index contributed by atoms with van der Waals surface area (Å²) in [7, 11) is 8.10. The topological polar surface area (TPSA) is 413 Å². The van der Waals surface area contributed by atoms with Gasteiger partial charge in [0.2, 0.25) is 29.5 Å². The fraction of sp³-hybridized carbons (Fsp3) is 0.481. The van der Waals surface area contributed by atoms with Crippen LogP contribution < -0.4 is 47.0 Å². The van der Waals surface area contributed by atoms with Crippen LogP contribution in [0.4, 0.5) is 28.6 Å². The molecule has 36 heteroatoms. The first kappa shape index (κ1) is 86.2. The van der Waals surface area contributed by atoms with Crippen molar-refractivity contribution in [1.82, 2.24) is 64.0 Å². The van der Waals surface area contributed by atoms with E-state index in [-0.39, 0.29) is 148 Å². The number of ketones is 1. The van der Waals surface area contributed by atoms with Crippen molar-refractivity contribution in [3.63, 3.8) is 0 Å². The van der Waals surface area contributed by atoms with Crippen LogP contribution in [0.3, 0.4) is 0 Å². The van der Waals surface area contributed by atoms with Crippen molar-refractivity contribution in [3.8, 4) is 0 Å². The average Bonchev–Trinajstić information content (AvgIpc) is 1.68. The molecule has 9 amide bonds. The zero-order valence-corrected chi connectivity index (χ0v) is 65.9. The lowest BCUT2D eigenvalue weighted by Gasteiger charge is -2.44. The monoisotopic (exact) mass is 1590 g/mol. The Morgan fingerprint density at radius 2 is 1.09 bits per heavy atom. The number of benzene rings is 2. The minimum absolute atomic E-state index is 0.00756. The van der Waals surface area contributed by atoms with Gasteiger partial charge < -0.3 is 113 Å². The lowest BCUT2D eigenvalue weighted by atomic mass is 9.95. The van der Waals surface area contributed by atoms with Gasteiger partial charge in [0.1, 0.15) is 23.8 Å². The van der Waals surface area contributed by atoms with Gasteiger partial charge in [0, 0.05) is 151 Å². The summed E-state index contributed by atoms with van der Waals surface area (Å²) in [6, 6.07) is 17.3. The van der Waals surface area contributed by atoms with Crippen LogP contribution in [0.2, 0.25) is 0 Å². The molecular weight excluding hydrogens is 1490 g/mol. The standard InChI is InChI=1S/C79H104N18O18/c1-53(99)97-63-14-13-56(41-64(63)96(49-67(97)55-11-12-55)45-57-9-7-8-10-58(57)51-98)54-18-25-95(26-19-54)71(103)52-115-40-39-114-38-37-113-36-35-112-34-33-111-32-31-110-30-29-109-28-24-80-69(101)16-21-84-77(106)73-85-59(48-93(73)5)42-62(100)15-20-82-75(104)65-44-61(47-92(65)4)87-79(108)74-89-68(50-94(74)6)88-70(102)17-22-83-76(105)66-43-60(46-91(66)3)86-78(107)72-81-23-27-90(72)2/h7-10,13-14,18,23,27,41,43-44,46-48,50,55,67,98H,11-12,15-17,19-22,24-26,28-40,42,45,49,51-52H2,1-6H3,(H,80,101)(H,82,104)(H,83,105)(H,84,106)(H,86,107)(H,87,108)(H,88,102)/t67-/m1/s1. The average molecular weight is 1590 g/mol. The molecule has 5 aromatic heterocycles. The number of carbonyl (C=O) groups excluding carboxylic acids is 10. The van der Waals surface area contributed by atoms with Gasteiger partial charge in [-0.1, -0.05) is 36.4 Å². The lowest BCUT2D eigenvalue weighted by Crippen LogP contribution is -2.52. The van der Waals surface area contributed by atoms with Crippen molar-refractivity contribution in [2.75, 3.05) is 164 Å². The number of ether oxygens (including phenoxy) is 7. The highest BCUT2D eigenvalue weighted by molar-refractivity contribution is 6.05. The molecule has 3 aliphatic rings. The number of imidazole rings is 3. The minimum Gasteiger partial charge on any atom is -0.392 e. The Morgan fingerprint density at radius 3 is 1.66 bits per heavy atom. The number of amides is 9. The third-order valence-electron chi connectivity index (χ3n) is 19.3. The second-order valence-corrected chi connectivity index (χ2v) is 27.9. The van der Waals surface area contributed by atoms with Gasteiger partial charge in [-0.15, -0.1) is 0 Å². The first-order valence-electron chi connectivity index (χ1n) is 38.4. The van der Waals surface area contributed by atoms with Crippen LogP contribution in [0.1, 0.15) is 121 Å². The predicted octanol–water partition coefficient (Wildman–Crippen LogP) is 3.07. The Labute approximate surface area is 665 Å². The molecule has 115 heavy (non-hydrogen) atoms. The van der Waals surface area contributed by atoms with Crippen molar-refractivity contribution >= 4 is 93.1 Å². The van der Waals surface area contributed by atoms with Crippen LogP contribution in [0.5, 0.6) is 0 Å². The van der Waals surface area contributed by atoms with E-state index in [0.29, 0.717) is 116 Å². The molecule has 1 saturated carbocycles. The first-order valence-corrected chi connectivity index (χ1v) is 38.4. The van der Waals surface area contributed by atoms with Crippen molar-refractivity contribution in [3.05, 3.63) is 149 Å². The van der Waals surface area contributed by atoms with E-state index in [2.05, 4.69) is 87.4 Å². The van der Waals surface area contributed by atoms with Crippen molar-refractivity contribution in [1.29, 1.82) is 0 Å². The van der Waals surface area contributed by atoms with Crippen LogP contribution in [-0.2, 0) is 112 Å². The Kier molecular flexibility index (Phi) is 32.4. The molecule has 36 nitrogen and oxygen atoms in total. The zero-order valence-electron chi connectivity index (χ0n) is 65.9. The molecule has 1 aliphatic carbocycles. The molecule has 8 N–H and O–H groups in total. The highest BCUT2D eigenvalue weighted by Gasteiger charge is 2.43. The van der Waals surface area contributed by atoms with Crippen molar-refractivity contribution in [2.24, 2.45) is 41.2 Å². The number of hydrogen-bond donors (Lipinski definition) is 8. The third kappa shape index (κ3) is 25.6. The van der Waals surface area contributed by atoms with E-state index < -0.39 is 35.4 Å². The smallest absolute Gasteiger partial charge is 0.291 e. The number of rotatable bonds is 47. The largest absolute Gasteiger partial charge is 0.392 e. The maximum absolute atomic E-state index is 13.3. The second kappa shape index (κ2) is 43.3. The van der Waals surface area contributed by atoms with Gasteiger partial charge in [0.25, 0.3) is 29.5 Å². The normalized spacial score (nSPS) is 13.9. The second-order valence-electron chi connectivity index (χ2n) is 27.9. The minimum atomic E-state index is -0.632. The molecule has 618 valence electrons. The van der Waals surface area contributed by atoms with Crippen LogP contribution >= 0.6 is 0 Å². The van der Waals surface area contributed by atoms with E-state index in [9.17, 15) is 53.1 Å². The zero-order chi connectivity index (χ0) is 81.8. The van der Waals surface area contributed by atoms with Crippen molar-refractivity contribution in [2.45, 2.75) is 71.1 Å². The molecule has 7 heterocycles. The van der Waals surface area contributed by atoms with Gasteiger partial charge in [-0.05, 0) is 71.7 Å². The maximum atomic E-state index is 13.3. The molecule has 2 aromatic carbocycles. The summed E-state index contributed by atoms with van der Waals surface area (Å²) in [5.41, 5.74) is 7.53. The van der Waals surface area contributed by atoms with Crippen LogP contribution in [0.15, 0.2) is 97.9 Å². The Morgan fingerprint density at radius 1 is 0.530 bits per heavy atom. The summed E-state index contributed by atoms with van der Waals surface area (Å²) in [4.78, 5) is 148. The highest BCUT2D eigenvalue weighted by Crippen LogP contribution is 2.46. The summed E-state index contributed by atoms with van der Waals surface area (Å²) in [6.45, 7) is 8.81. The Balaban J connectivity index is 0.484. The number of aliphatic hydroxyl groups excluding tert-OH is 1. The number of aryl methyl sites for hydroxylation is 5. The van der Waals surface area contributed by atoms with E-state index in [4.69, 9.17) is 33.2 Å². The summed E-state index contributed by atoms with van der Waals surface area (Å²) >= 11 is 0. The number of hydrogen-bond acceptors (Lipinski definition) is 22. The van der Waals surface area contributed by atoms with E-state index >= 15 is 0 Å². The van der Waals surface area contributed by atoms with Gasteiger partial charge in [-0.2, -0.15) is 0 Å². The van der Waals surface area contributed by atoms with Gasteiger partial charge >= 0.3 is 0 Å². The summed E-state index contributed by atoms with van der Waals surface area (Å²) in [5, 5.41) is 28.9. The molecule has 0 radical (unpaired) electrons. The van der Waals surface area contributed by atoms with Gasteiger partial charge in [0.15, 0.2) is 17.5 Å². The Hall–Kier alpha value is -11.3. The molecule has 1 fully saturated rings. The van der Waals surface area contributed by atoms with Gasteiger partial charge in [-0.3, -0.25) is 47.9 Å². The number of aliphatic hydroxyl groups is 1. The van der Waals surface area contributed by atoms with Crippen LogP contribution in [-0.4, -0.2) is 251 Å². The SMILES string of the molecule is CC(=O)N1c2ccc(C3=CCN(C(=O)COCCOCCOCCOCCOCCOCCOCCNC(=O)CCNC(=O)c4nc(CC(=O)CCNC(=O)c5cc(NC(=O)c6nc(NC(=O)CCNC(=O)c7cc(NC(=O)c8nccn8C)cn7C)cn6C)cn5C)cn4C)CC3)cc2N(Cc2ccccc2CO)C[C@@H]1C1CC1. The molecule has 1 atom stereocenters. The number of Topliss-reactive ketones (excluding diaryl/α,β-unsaturated/α-hetero) is 1. The van der Waals surface area contributed by atoms with Crippen LogP contribution in [0, 0.1) is 5.92 Å². The van der Waals surface area contributed by atoms with E-state index in [1.165, 1.54) is 49.0 Å². The molecule has 0 spiro atoms. The molecule has 7 aromatic rings. The fourth-order valence-electron chi connectivity index (χ4n) is 13.2. The summed E-state index contributed by atoms with van der Waals surface area (Å²) in [5.74, 6) is -2.89. The predicted molar refractivity (Wildman–Crippen MR) is 422 cm³/mol. The molecule has 10 rings (SSSR count). The number of nitrogens with one attached hydrogen (secondary N) is 7. The lowest BCUT2D eigenvalue weighted by molar-refractivity contribution is -0.136. The molecule has 0 unspecified atom stereocenters. The van der Waals surface area contributed by atoms with Crippen LogP contribution in [0.25, 0.3) is 5.57 Å². The highest BCUT2D eigenvalue weighted by atomic mass is 16.6. The third-order valence-corrected chi connectivity index (χ3v) is 19.3. The number of fused-ring (bicyclic) bond motifs is 1. The number of aromatic nitrogens is 8. The van der Waals surface area contributed by atoms with E-state index in [0.717, 1.165) is 53.0 Å². The summed E-state index contributed by atoms with van der Waals surface area (Å²) < 4.78 is 46.5. The maximum Gasteiger partial charge on any atom is 0.291 e. The quantitative estimate of drug-likeness (QED) is 0.0254. The van der Waals surface area contributed by atoms with Gasteiger partial charge in [-0.25, -0.2) is 15.0 Å². The molecule has 0 saturated heterocycles. The Bertz CT molecular complexity index is 4550. The van der Waals surface area contributed by atoms with E-state index in [1.54, 1.807) is 70.2 Å². The van der Waals surface area contributed by atoms with Crippen molar-refractivity contribution < 1.29 is 86.2 Å². The van der Waals surface area contributed by atoms with Gasteiger partial charge in [0.05, 0.1) is 133 Å². The van der Waals surface area contributed by atoms with E-state index in [1.807, 2.05) is 23.1 Å². The fourth-order valence-corrected chi connectivity index (χ4v) is 13.2. The number of nitrogens with zero attached hydrogens (tertiary/aromatic N) is 11. The molecular formula is C79H104N18O18.